The molecule has 6 nitrogen and oxygen atoms in total. The monoisotopic (exact) mass is 266 g/mol. The Morgan fingerprint density at radius 2 is 2.37 bits per heavy atom. The Hall–Kier alpha value is -2.57. The van der Waals surface area contributed by atoms with E-state index >= 15 is 0 Å². The predicted octanol–water partition coefficient (Wildman–Crippen LogP) is 2.65. The lowest BCUT2D eigenvalue weighted by atomic mass is 10.3. The number of benzene rings is 1. The van der Waals surface area contributed by atoms with Gasteiger partial charge in [0.15, 0.2) is 17.3 Å². The number of carboxylic acids is 1. The van der Waals surface area contributed by atoms with Crippen molar-refractivity contribution in [3.05, 3.63) is 36.0 Å². The largest absolute Gasteiger partial charge is 0.491 e. The van der Waals surface area contributed by atoms with E-state index in [0.717, 1.165) is 6.26 Å². The van der Waals surface area contributed by atoms with Crippen LogP contribution in [-0.2, 0) is 0 Å². The number of nitrogens with one attached hydrogen (secondary N) is 1. The first-order valence-corrected chi connectivity index (χ1v) is 5.48. The number of nitrogens with zero attached hydrogens (tertiary/aromatic N) is 1. The van der Waals surface area contributed by atoms with Gasteiger partial charge in [-0.05, 0) is 19.1 Å². The summed E-state index contributed by atoms with van der Waals surface area (Å²) < 4.78 is 23.5. The first-order chi connectivity index (χ1) is 9.10. The molecule has 2 aromatic rings. The summed E-state index contributed by atoms with van der Waals surface area (Å²) in [4.78, 5) is 14.3. The molecule has 2 rings (SSSR count). The molecule has 100 valence electrons. The van der Waals surface area contributed by atoms with E-state index in [9.17, 15) is 9.18 Å². The van der Waals surface area contributed by atoms with Gasteiger partial charge in [-0.15, -0.1) is 0 Å². The van der Waals surface area contributed by atoms with E-state index in [0.29, 0.717) is 12.3 Å². The maximum Gasteiger partial charge on any atom is 0.357 e. The highest BCUT2D eigenvalue weighted by atomic mass is 19.1. The van der Waals surface area contributed by atoms with Gasteiger partial charge in [-0.2, -0.15) is 4.98 Å². The lowest BCUT2D eigenvalue weighted by Crippen LogP contribution is -1.98. The van der Waals surface area contributed by atoms with Gasteiger partial charge in [-0.3, -0.25) is 0 Å². The molecule has 0 aliphatic carbocycles. The third-order valence-electron chi connectivity index (χ3n) is 2.21. The molecule has 0 aliphatic heterocycles. The number of anilines is 2. The number of hydrogen-bond acceptors (Lipinski definition) is 5. The first-order valence-electron chi connectivity index (χ1n) is 5.48. The van der Waals surface area contributed by atoms with E-state index in [1.54, 1.807) is 13.0 Å². The molecule has 1 aromatic carbocycles. The van der Waals surface area contributed by atoms with E-state index in [1.165, 1.54) is 12.1 Å². The van der Waals surface area contributed by atoms with Crippen LogP contribution in [0.5, 0.6) is 5.75 Å². The summed E-state index contributed by atoms with van der Waals surface area (Å²) in [5.74, 6) is -1.58. The SMILES string of the molecule is CCOc1ccc(Nc2nc(C(=O)O)co2)cc1F. The van der Waals surface area contributed by atoms with E-state index < -0.39 is 11.8 Å². The molecule has 0 saturated heterocycles. The molecule has 1 aromatic heterocycles. The predicted molar refractivity (Wildman–Crippen MR) is 64.3 cm³/mol. The number of hydrogen-bond donors (Lipinski definition) is 2. The molecule has 0 spiro atoms. The Morgan fingerprint density at radius 3 is 2.95 bits per heavy atom. The van der Waals surface area contributed by atoms with Crippen LogP contribution in [0.3, 0.4) is 0 Å². The lowest BCUT2D eigenvalue weighted by molar-refractivity contribution is 0.0690. The van der Waals surface area contributed by atoms with Crippen molar-refractivity contribution in [2.75, 3.05) is 11.9 Å². The average Bonchev–Trinajstić information content (AvgIpc) is 2.81. The summed E-state index contributed by atoms with van der Waals surface area (Å²) >= 11 is 0. The maximum atomic E-state index is 13.6. The van der Waals surface area contributed by atoms with Gasteiger partial charge in [0.05, 0.1) is 6.61 Å². The van der Waals surface area contributed by atoms with Gasteiger partial charge in [0.25, 0.3) is 6.01 Å². The summed E-state index contributed by atoms with van der Waals surface area (Å²) in [5, 5.41) is 11.3. The van der Waals surface area contributed by atoms with Crippen molar-refractivity contribution in [3.8, 4) is 5.75 Å². The van der Waals surface area contributed by atoms with Crippen molar-refractivity contribution < 1.29 is 23.4 Å². The molecule has 0 amide bonds. The minimum atomic E-state index is -1.20. The Bertz CT molecular complexity index is 597. The molecule has 19 heavy (non-hydrogen) atoms. The molecule has 0 bridgehead atoms. The zero-order chi connectivity index (χ0) is 13.8. The third-order valence-corrected chi connectivity index (χ3v) is 2.21. The summed E-state index contributed by atoms with van der Waals surface area (Å²) in [5.41, 5.74) is 0.147. The van der Waals surface area contributed by atoms with Crippen molar-refractivity contribution >= 4 is 17.7 Å². The molecular weight excluding hydrogens is 255 g/mol. The van der Waals surface area contributed by atoms with Crippen LogP contribution in [0, 0.1) is 5.82 Å². The van der Waals surface area contributed by atoms with E-state index in [2.05, 4.69) is 10.3 Å². The lowest BCUT2D eigenvalue weighted by Gasteiger charge is -2.06. The number of halogens is 1. The molecule has 2 N–H and O–H groups in total. The minimum absolute atomic E-state index is 0.0269. The highest BCUT2D eigenvalue weighted by Gasteiger charge is 2.11. The molecule has 0 unspecified atom stereocenters. The van der Waals surface area contributed by atoms with Crippen LogP contribution < -0.4 is 10.1 Å². The zero-order valence-electron chi connectivity index (χ0n) is 10.0. The second kappa shape index (κ2) is 5.38. The van der Waals surface area contributed by atoms with Crippen LogP contribution >= 0.6 is 0 Å². The summed E-state index contributed by atoms with van der Waals surface area (Å²) in [6.07, 6.45) is 0.996. The van der Waals surface area contributed by atoms with Crippen LogP contribution in [0.1, 0.15) is 17.4 Å². The zero-order valence-corrected chi connectivity index (χ0v) is 10.0. The van der Waals surface area contributed by atoms with Gasteiger partial charge < -0.3 is 19.6 Å². The average molecular weight is 266 g/mol. The standard InChI is InChI=1S/C12H11FN2O4/c1-2-18-10-4-3-7(5-8(10)13)14-12-15-9(6-19-12)11(16)17/h3-6H,2H2,1H3,(H,14,15)(H,16,17). The summed E-state index contributed by atoms with van der Waals surface area (Å²) in [7, 11) is 0. The van der Waals surface area contributed by atoms with Crippen LogP contribution in [0.2, 0.25) is 0 Å². The number of carbonyl (C=O) groups is 1. The Labute approximate surface area is 107 Å². The van der Waals surface area contributed by atoms with Gasteiger partial charge in [-0.1, -0.05) is 0 Å². The molecule has 1 heterocycles. The normalized spacial score (nSPS) is 10.2. The van der Waals surface area contributed by atoms with Gasteiger partial charge >= 0.3 is 5.97 Å². The molecule has 0 saturated carbocycles. The van der Waals surface area contributed by atoms with Crippen molar-refractivity contribution in [1.29, 1.82) is 0 Å². The fourth-order valence-corrected chi connectivity index (χ4v) is 1.40. The molecule has 0 aliphatic rings. The fourth-order valence-electron chi connectivity index (χ4n) is 1.40. The van der Waals surface area contributed by atoms with Gasteiger partial charge in [0.1, 0.15) is 6.26 Å². The van der Waals surface area contributed by atoms with Crippen molar-refractivity contribution in [3.63, 3.8) is 0 Å². The Kier molecular flexibility index (Phi) is 3.65. The number of carboxylic acid groups (broad SMARTS) is 1. The molecule has 0 radical (unpaired) electrons. The van der Waals surface area contributed by atoms with Gasteiger partial charge in [0.2, 0.25) is 0 Å². The van der Waals surface area contributed by atoms with E-state index in [1.807, 2.05) is 0 Å². The van der Waals surface area contributed by atoms with E-state index in [4.69, 9.17) is 14.3 Å². The highest BCUT2D eigenvalue weighted by molar-refractivity contribution is 5.85. The van der Waals surface area contributed by atoms with Crippen LogP contribution in [0.25, 0.3) is 0 Å². The van der Waals surface area contributed by atoms with Crippen LogP contribution in [0.15, 0.2) is 28.9 Å². The second-order valence-electron chi connectivity index (χ2n) is 3.55. The molecule has 0 fully saturated rings. The van der Waals surface area contributed by atoms with Crippen LogP contribution in [0.4, 0.5) is 16.1 Å². The minimum Gasteiger partial charge on any atom is -0.491 e. The summed E-state index contributed by atoms with van der Waals surface area (Å²) in [6.45, 7) is 2.12. The smallest absolute Gasteiger partial charge is 0.357 e. The maximum absolute atomic E-state index is 13.6. The van der Waals surface area contributed by atoms with Crippen LogP contribution in [-0.4, -0.2) is 22.7 Å². The number of rotatable bonds is 5. The van der Waals surface area contributed by atoms with Crippen molar-refractivity contribution in [2.24, 2.45) is 0 Å². The second-order valence-corrected chi connectivity index (χ2v) is 3.55. The Balaban J connectivity index is 2.14. The molecule has 7 heteroatoms. The highest BCUT2D eigenvalue weighted by Crippen LogP contribution is 2.23. The molecule has 0 atom stereocenters. The fraction of sp³-hybridized carbons (Fsp3) is 0.167. The summed E-state index contributed by atoms with van der Waals surface area (Å²) in [6, 6.07) is 4.21. The van der Waals surface area contributed by atoms with E-state index in [-0.39, 0.29) is 17.5 Å². The number of aromatic carboxylic acids is 1. The van der Waals surface area contributed by atoms with Crippen molar-refractivity contribution in [1.82, 2.24) is 4.98 Å². The number of ether oxygens (including phenoxy) is 1. The van der Waals surface area contributed by atoms with Gasteiger partial charge in [0, 0.05) is 11.8 Å². The quantitative estimate of drug-likeness (QED) is 0.865. The number of oxazole rings is 1. The van der Waals surface area contributed by atoms with Gasteiger partial charge in [-0.25, -0.2) is 9.18 Å². The molecular formula is C12H11FN2O4. The topological polar surface area (TPSA) is 84.6 Å². The van der Waals surface area contributed by atoms with Crippen molar-refractivity contribution in [2.45, 2.75) is 6.92 Å². The Morgan fingerprint density at radius 1 is 1.58 bits per heavy atom. The first kappa shape index (κ1) is 12.9. The number of aromatic nitrogens is 1. The third kappa shape index (κ3) is 3.01.